The van der Waals surface area contributed by atoms with Crippen LogP contribution in [0, 0.1) is 0 Å². The second-order valence-corrected chi connectivity index (χ2v) is 9.69. The second kappa shape index (κ2) is 11.1. The van der Waals surface area contributed by atoms with Crippen LogP contribution in [0.5, 0.6) is 11.5 Å². The van der Waals surface area contributed by atoms with Gasteiger partial charge in [-0.3, -0.25) is 4.79 Å². The maximum absolute atomic E-state index is 13.0. The Morgan fingerprint density at radius 2 is 1.93 bits per heavy atom. The van der Waals surface area contributed by atoms with E-state index in [1.165, 1.54) is 6.08 Å². The molecule has 0 atom stereocenters. The maximum atomic E-state index is 13.0. The van der Waals surface area contributed by atoms with Crippen LogP contribution in [0.3, 0.4) is 0 Å². The van der Waals surface area contributed by atoms with Gasteiger partial charge >= 0.3 is 0 Å². The number of carbonyl (C=O) groups excluding carboxylic acids is 1. The number of ether oxygens (including phenoxy) is 2. The molecule has 0 fully saturated rings. The molecule has 2 aromatic rings. The number of methoxy groups -OCH3 is 2. The first-order valence-electron chi connectivity index (χ1n) is 9.35. The Hall–Kier alpha value is -2.36. The lowest BCUT2D eigenvalue weighted by Gasteiger charge is -2.26. The fourth-order valence-electron chi connectivity index (χ4n) is 2.89. The molecule has 30 heavy (non-hydrogen) atoms. The Balaban J connectivity index is 2.16. The van der Waals surface area contributed by atoms with Crippen molar-refractivity contribution in [3.63, 3.8) is 0 Å². The molecule has 9 heteroatoms. The highest BCUT2D eigenvalue weighted by atomic mass is 32.2. The summed E-state index contributed by atoms with van der Waals surface area (Å²) in [6, 6.07) is 9.52. The Morgan fingerprint density at radius 1 is 1.20 bits per heavy atom. The highest BCUT2D eigenvalue weighted by Gasteiger charge is 2.23. The molecule has 0 N–H and O–H groups in total. The van der Waals surface area contributed by atoms with Crippen molar-refractivity contribution in [3.8, 4) is 11.5 Å². The fourth-order valence-corrected chi connectivity index (χ4v) is 4.34. The van der Waals surface area contributed by atoms with Gasteiger partial charge in [0.1, 0.15) is 0 Å². The molecule has 0 radical (unpaired) electrons. The molecule has 1 aromatic heterocycles. The van der Waals surface area contributed by atoms with Crippen LogP contribution in [0.4, 0.5) is 0 Å². The first kappa shape index (κ1) is 23.9. The van der Waals surface area contributed by atoms with E-state index >= 15 is 0 Å². The number of benzene rings is 1. The molecule has 1 amide bonds. The molecule has 0 unspecified atom stereocenters. The SMILES string of the molecule is C=CCN(CC(=O)N(CCc1ccc(OC)c(OC)c1)Cc1cccs1)S(C)(=O)=O. The van der Waals surface area contributed by atoms with Crippen molar-refractivity contribution in [2.24, 2.45) is 0 Å². The van der Waals surface area contributed by atoms with Crippen molar-refractivity contribution in [2.45, 2.75) is 13.0 Å². The van der Waals surface area contributed by atoms with Gasteiger partial charge in [0, 0.05) is 18.0 Å². The summed E-state index contributed by atoms with van der Waals surface area (Å²) >= 11 is 1.56. The molecule has 0 aliphatic rings. The summed E-state index contributed by atoms with van der Waals surface area (Å²) in [7, 11) is -0.359. The van der Waals surface area contributed by atoms with Crippen LogP contribution in [0.25, 0.3) is 0 Å². The third kappa shape index (κ3) is 6.86. The highest BCUT2D eigenvalue weighted by molar-refractivity contribution is 7.88. The van der Waals surface area contributed by atoms with Gasteiger partial charge in [0.15, 0.2) is 11.5 Å². The number of thiophene rings is 1. The predicted octanol–water partition coefficient (Wildman–Crippen LogP) is 2.78. The molecule has 164 valence electrons. The molecule has 0 aliphatic heterocycles. The fraction of sp³-hybridized carbons (Fsp3) is 0.381. The molecule has 1 aromatic carbocycles. The molecule has 7 nitrogen and oxygen atoms in total. The summed E-state index contributed by atoms with van der Waals surface area (Å²) in [5, 5.41) is 1.95. The molecule has 0 bridgehead atoms. The van der Waals surface area contributed by atoms with Crippen molar-refractivity contribution < 1.29 is 22.7 Å². The topological polar surface area (TPSA) is 76.2 Å². The number of carbonyl (C=O) groups is 1. The van der Waals surface area contributed by atoms with Crippen molar-refractivity contribution >= 4 is 27.3 Å². The maximum Gasteiger partial charge on any atom is 0.238 e. The normalized spacial score (nSPS) is 11.3. The van der Waals surface area contributed by atoms with E-state index in [-0.39, 0.29) is 19.0 Å². The number of nitrogens with zero attached hydrogens (tertiary/aromatic N) is 2. The van der Waals surface area contributed by atoms with E-state index in [1.54, 1.807) is 30.5 Å². The number of hydrogen-bond donors (Lipinski definition) is 0. The lowest BCUT2D eigenvalue weighted by Crippen LogP contribution is -2.43. The zero-order chi connectivity index (χ0) is 22.1. The molecule has 0 saturated heterocycles. The first-order chi connectivity index (χ1) is 14.3. The molecule has 0 aliphatic carbocycles. The van der Waals surface area contributed by atoms with Crippen LogP contribution in [-0.4, -0.2) is 63.6 Å². The Morgan fingerprint density at radius 3 is 2.50 bits per heavy atom. The van der Waals surface area contributed by atoms with E-state index in [1.807, 2.05) is 35.7 Å². The van der Waals surface area contributed by atoms with E-state index in [2.05, 4.69) is 6.58 Å². The van der Waals surface area contributed by atoms with Crippen molar-refractivity contribution in [2.75, 3.05) is 40.1 Å². The quantitative estimate of drug-likeness (QED) is 0.463. The van der Waals surface area contributed by atoms with Gasteiger partial charge in [-0.05, 0) is 35.6 Å². The van der Waals surface area contributed by atoms with E-state index in [4.69, 9.17) is 9.47 Å². The zero-order valence-corrected chi connectivity index (χ0v) is 19.2. The molecule has 2 rings (SSSR count). The monoisotopic (exact) mass is 452 g/mol. The van der Waals surface area contributed by atoms with Crippen LogP contribution in [0.2, 0.25) is 0 Å². The van der Waals surface area contributed by atoms with Gasteiger partial charge in [-0.1, -0.05) is 18.2 Å². The Labute approximate surface area is 182 Å². The lowest BCUT2D eigenvalue weighted by molar-refractivity contribution is -0.131. The van der Waals surface area contributed by atoms with Gasteiger partial charge < -0.3 is 14.4 Å². The summed E-state index contributed by atoms with van der Waals surface area (Å²) in [6.45, 7) is 4.32. The van der Waals surface area contributed by atoms with Gasteiger partial charge in [0.25, 0.3) is 0 Å². The minimum Gasteiger partial charge on any atom is -0.493 e. The molecule has 1 heterocycles. The van der Waals surface area contributed by atoms with Crippen molar-refractivity contribution in [1.29, 1.82) is 0 Å². The van der Waals surface area contributed by atoms with Gasteiger partial charge in [-0.25, -0.2) is 8.42 Å². The van der Waals surface area contributed by atoms with Crippen LogP contribution in [0.1, 0.15) is 10.4 Å². The van der Waals surface area contributed by atoms with Crippen LogP contribution < -0.4 is 9.47 Å². The molecule has 0 spiro atoms. The third-order valence-electron chi connectivity index (χ3n) is 4.51. The number of rotatable bonds is 12. The standard InChI is InChI=1S/C21H28N2O5S2/c1-5-11-23(30(4,25)26)16-21(24)22(15-18-7-6-13-29-18)12-10-17-8-9-19(27-2)20(14-17)28-3/h5-9,13-14H,1,10-12,15-16H2,2-4H3. The van der Waals surface area contributed by atoms with Gasteiger partial charge in [-0.2, -0.15) is 4.31 Å². The summed E-state index contributed by atoms with van der Waals surface area (Å²) in [5.41, 5.74) is 0.989. The van der Waals surface area contributed by atoms with E-state index in [0.29, 0.717) is 31.0 Å². The molecular weight excluding hydrogens is 424 g/mol. The summed E-state index contributed by atoms with van der Waals surface area (Å²) in [5.74, 6) is 1.01. The van der Waals surface area contributed by atoms with Gasteiger partial charge in [0.2, 0.25) is 15.9 Å². The first-order valence-corrected chi connectivity index (χ1v) is 12.1. The van der Waals surface area contributed by atoms with Crippen molar-refractivity contribution in [1.82, 2.24) is 9.21 Å². The predicted molar refractivity (Wildman–Crippen MR) is 120 cm³/mol. The largest absolute Gasteiger partial charge is 0.493 e. The number of hydrogen-bond acceptors (Lipinski definition) is 6. The second-order valence-electron chi connectivity index (χ2n) is 6.68. The van der Waals surface area contributed by atoms with Gasteiger partial charge in [0.05, 0.1) is 33.6 Å². The highest BCUT2D eigenvalue weighted by Crippen LogP contribution is 2.27. The van der Waals surface area contributed by atoms with Crippen LogP contribution >= 0.6 is 11.3 Å². The Kier molecular flexibility index (Phi) is 8.88. The van der Waals surface area contributed by atoms with E-state index in [0.717, 1.165) is 21.0 Å². The molecule has 0 saturated carbocycles. The summed E-state index contributed by atoms with van der Waals surface area (Å²) in [6.07, 6.45) is 3.16. The molecular formula is C21H28N2O5S2. The van der Waals surface area contributed by atoms with Crippen molar-refractivity contribution in [3.05, 3.63) is 58.8 Å². The smallest absolute Gasteiger partial charge is 0.238 e. The lowest BCUT2D eigenvalue weighted by atomic mass is 10.1. The minimum atomic E-state index is -3.51. The van der Waals surface area contributed by atoms with E-state index in [9.17, 15) is 13.2 Å². The van der Waals surface area contributed by atoms with E-state index < -0.39 is 10.0 Å². The third-order valence-corrected chi connectivity index (χ3v) is 6.59. The summed E-state index contributed by atoms with van der Waals surface area (Å²) in [4.78, 5) is 15.7. The minimum absolute atomic E-state index is 0.0904. The Bertz CT molecular complexity index is 942. The number of sulfonamides is 1. The van der Waals surface area contributed by atoms with Crippen LogP contribution in [0.15, 0.2) is 48.4 Å². The average molecular weight is 453 g/mol. The number of amides is 1. The van der Waals surface area contributed by atoms with Crippen LogP contribution in [-0.2, 0) is 27.8 Å². The summed E-state index contributed by atoms with van der Waals surface area (Å²) < 4.78 is 35.7. The average Bonchev–Trinajstić information content (AvgIpc) is 3.22. The van der Waals surface area contributed by atoms with Gasteiger partial charge in [-0.15, -0.1) is 17.9 Å². The zero-order valence-electron chi connectivity index (χ0n) is 17.5.